The Kier molecular flexibility index (Phi) is 14.1. The molecule has 7 atom stereocenters. The van der Waals surface area contributed by atoms with E-state index in [1.54, 1.807) is 20.8 Å². The van der Waals surface area contributed by atoms with E-state index in [9.17, 15) is 29.4 Å². The van der Waals surface area contributed by atoms with Gasteiger partial charge in [-0.2, -0.15) is 11.8 Å². The number of fused-ring (bicyclic) bond motifs is 1. The van der Waals surface area contributed by atoms with Crippen molar-refractivity contribution in [3.63, 3.8) is 0 Å². The maximum atomic E-state index is 13.4. The summed E-state index contributed by atoms with van der Waals surface area (Å²) in [7, 11) is 0. The van der Waals surface area contributed by atoms with Crippen LogP contribution in [0.2, 0.25) is 0 Å². The second kappa shape index (κ2) is 16.7. The van der Waals surface area contributed by atoms with E-state index >= 15 is 0 Å². The van der Waals surface area contributed by atoms with Crippen molar-refractivity contribution in [1.29, 1.82) is 0 Å². The van der Waals surface area contributed by atoms with Crippen LogP contribution in [-0.4, -0.2) is 81.5 Å². The normalized spacial score (nSPS) is 19.8. The Morgan fingerprint density at radius 3 is 2.21 bits per heavy atom. The predicted octanol–water partition coefficient (Wildman–Crippen LogP) is 2.21. The van der Waals surface area contributed by atoms with Gasteiger partial charge in [0.05, 0.1) is 24.3 Å². The number of aliphatic hydroxyl groups is 2. The molecule has 0 heterocycles. The van der Waals surface area contributed by atoms with Crippen LogP contribution in [0.25, 0.3) is 0 Å². The summed E-state index contributed by atoms with van der Waals surface area (Å²) in [6, 6.07) is 4.40. The summed E-state index contributed by atoms with van der Waals surface area (Å²) in [5.74, 6) is -1.65. The summed E-state index contributed by atoms with van der Waals surface area (Å²) in [5.41, 5.74) is 1.87. The minimum absolute atomic E-state index is 0.0771. The van der Waals surface area contributed by atoms with Crippen molar-refractivity contribution in [2.24, 2.45) is 17.8 Å². The molecular formula is C30H48N4O7S. The molecule has 0 aliphatic heterocycles. The van der Waals surface area contributed by atoms with Crippen molar-refractivity contribution >= 4 is 35.6 Å². The Morgan fingerprint density at radius 2 is 1.62 bits per heavy atom. The molecule has 7 N–H and O–H groups in total. The fourth-order valence-electron chi connectivity index (χ4n) is 5.21. The quantitative estimate of drug-likeness (QED) is 0.149. The first-order valence-corrected chi connectivity index (χ1v) is 16.0. The molecule has 0 fully saturated rings. The van der Waals surface area contributed by atoms with Crippen molar-refractivity contribution in [3.8, 4) is 0 Å². The Hall–Kier alpha value is -2.83. The number of aliphatic hydroxyl groups excluding tert-OH is 2. The topological polar surface area (TPSA) is 177 Å². The van der Waals surface area contributed by atoms with Gasteiger partial charge in [-0.05, 0) is 54.2 Å². The number of thioether (sulfide) groups is 1. The van der Waals surface area contributed by atoms with Gasteiger partial charge in [0, 0.05) is 12.3 Å². The number of benzene rings is 1. The molecule has 236 valence electrons. The molecule has 1 aromatic carbocycles. The lowest BCUT2D eigenvalue weighted by Crippen LogP contribution is -2.57. The minimum atomic E-state index is -1.33. The minimum Gasteiger partial charge on any atom is -0.465 e. The number of hydrogen-bond acceptors (Lipinski definition) is 7. The van der Waals surface area contributed by atoms with E-state index in [4.69, 9.17) is 5.11 Å². The SMILES string of the molecule is CSCC[C@H](NC(=O)[C@@H](NC(=O)O)C(C)C)C(=O)N[C@@H](CC(C)C)[C@@H](O)C[C@@H](C)C(=O)N[C@H]1c2ccccc2C[C@H]1O. The van der Waals surface area contributed by atoms with Crippen LogP contribution in [0, 0.1) is 17.8 Å². The van der Waals surface area contributed by atoms with Crippen LogP contribution >= 0.6 is 11.8 Å². The third-order valence-electron chi connectivity index (χ3n) is 7.53. The van der Waals surface area contributed by atoms with Gasteiger partial charge in [-0.3, -0.25) is 14.4 Å². The molecule has 1 aliphatic carbocycles. The zero-order chi connectivity index (χ0) is 31.6. The molecule has 1 aliphatic rings. The number of amides is 4. The third-order valence-corrected chi connectivity index (χ3v) is 8.18. The van der Waals surface area contributed by atoms with E-state index in [1.807, 2.05) is 44.4 Å². The van der Waals surface area contributed by atoms with Gasteiger partial charge in [0.15, 0.2) is 0 Å². The number of hydrogen-bond donors (Lipinski definition) is 7. The van der Waals surface area contributed by atoms with Crippen molar-refractivity contribution in [2.45, 2.75) is 96.7 Å². The predicted molar refractivity (Wildman–Crippen MR) is 163 cm³/mol. The second-order valence-electron chi connectivity index (χ2n) is 11.9. The third kappa shape index (κ3) is 10.5. The molecule has 42 heavy (non-hydrogen) atoms. The van der Waals surface area contributed by atoms with Crippen LogP contribution in [0.5, 0.6) is 0 Å². The van der Waals surface area contributed by atoms with Crippen molar-refractivity contribution < 1.29 is 34.5 Å². The highest BCUT2D eigenvalue weighted by molar-refractivity contribution is 7.98. The van der Waals surface area contributed by atoms with Crippen LogP contribution in [0.15, 0.2) is 24.3 Å². The Labute approximate surface area is 253 Å². The number of rotatable bonds is 16. The molecule has 11 nitrogen and oxygen atoms in total. The van der Waals surface area contributed by atoms with E-state index in [0.717, 1.165) is 11.1 Å². The fourth-order valence-corrected chi connectivity index (χ4v) is 5.69. The van der Waals surface area contributed by atoms with Crippen LogP contribution in [0.4, 0.5) is 4.79 Å². The molecule has 0 spiro atoms. The summed E-state index contributed by atoms with van der Waals surface area (Å²) in [5, 5.41) is 41.5. The Balaban J connectivity index is 2.09. The lowest BCUT2D eigenvalue weighted by atomic mass is 9.92. The number of carboxylic acid groups (broad SMARTS) is 1. The largest absolute Gasteiger partial charge is 0.465 e. The highest BCUT2D eigenvalue weighted by atomic mass is 32.2. The van der Waals surface area contributed by atoms with E-state index < -0.39 is 60.2 Å². The smallest absolute Gasteiger partial charge is 0.405 e. The van der Waals surface area contributed by atoms with Gasteiger partial charge in [-0.25, -0.2) is 4.79 Å². The van der Waals surface area contributed by atoms with Gasteiger partial charge >= 0.3 is 6.09 Å². The maximum Gasteiger partial charge on any atom is 0.405 e. The summed E-state index contributed by atoms with van der Waals surface area (Å²) < 4.78 is 0. The first-order valence-electron chi connectivity index (χ1n) is 14.6. The Morgan fingerprint density at radius 1 is 0.952 bits per heavy atom. The van der Waals surface area contributed by atoms with Gasteiger partial charge in [0.2, 0.25) is 17.7 Å². The van der Waals surface area contributed by atoms with Gasteiger partial charge in [-0.1, -0.05) is 58.9 Å². The highest BCUT2D eigenvalue weighted by Gasteiger charge is 2.35. The highest BCUT2D eigenvalue weighted by Crippen LogP contribution is 2.31. The molecule has 0 radical (unpaired) electrons. The first kappa shape index (κ1) is 35.4. The molecule has 0 aromatic heterocycles. The van der Waals surface area contributed by atoms with Crippen molar-refractivity contribution in [3.05, 3.63) is 35.4 Å². The molecule has 0 bridgehead atoms. The van der Waals surface area contributed by atoms with Gasteiger partial charge in [-0.15, -0.1) is 0 Å². The van der Waals surface area contributed by atoms with E-state index in [-0.39, 0.29) is 24.2 Å². The number of carbonyl (C=O) groups is 4. The number of nitrogens with one attached hydrogen (secondary N) is 4. The van der Waals surface area contributed by atoms with Crippen LogP contribution < -0.4 is 21.3 Å². The molecule has 0 saturated heterocycles. The fraction of sp³-hybridized carbons (Fsp3) is 0.667. The van der Waals surface area contributed by atoms with Crippen molar-refractivity contribution in [1.82, 2.24) is 21.3 Å². The van der Waals surface area contributed by atoms with E-state index in [1.165, 1.54) is 11.8 Å². The summed E-state index contributed by atoms with van der Waals surface area (Å²) >= 11 is 1.50. The molecule has 12 heteroatoms. The Bertz CT molecular complexity index is 1070. The lowest BCUT2D eigenvalue weighted by molar-refractivity contribution is -0.131. The zero-order valence-electron chi connectivity index (χ0n) is 25.4. The van der Waals surface area contributed by atoms with Crippen LogP contribution in [-0.2, 0) is 20.8 Å². The molecule has 2 rings (SSSR count). The lowest BCUT2D eigenvalue weighted by Gasteiger charge is -2.30. The van der Waals surface area contributed by atoms with Gasteiger partial charge in [0.1, 0.15) is 12.1 Å². The molecule has 0 saturated carbocycles. The number of carbonyl (C=O) groups excluding carboxylic acids is 3. The standard InChI is InChI=1S/C30H48N4O7S/c1-16(2)13-22(32-28(38)21(11-12-42-6)31-29(39)25(17(3)4)34-30(40)41)23(35)14-18(5)27(37)33-26-20-10-8-7-9-19(20)15-24(26)36/h7-10,16-18,21-26,34-36H,11-15H2,1-6H3,(H,31,39)(H,32,38)(H,33,37)(H,40,41)/t18-,21+,22+,23+,24-,25+,26+/m1/s1. The summed E-state index contributed by atoms with van der Waals surface area (Å²) in [6.07, 6.45) is 0.0455. The van der Waals surface area contributed by atoms with E-state index in [0.29, 0.717) is 25.0 Å². The maximum absolute atomic E-state index is 13.4. The monoisotopic (exact) mass is 608 g/mol. The first-order chi connectivity index (χ1) is 19.7. The average molecular weight is 609 g/mol. The molecule has 4 amide bonds. The summed E-state index contributed by atoms with van der Waals surface area (Å²) in [4.78, 5) is 50.6. The molecule has 1 aromatic rings. The van der Waals surface area contributed by atoms with Gasteiger partial charge < -0.3 is 36.6 Å². The van der Waals surface area contributed by atoms with Crippen LogP contribution in [0.3, 0.4) is 0 Å². The van der Waals surface area contributed by atoms with Gasteiger partial charge in [0.25, 0.3) is 0 Å². The summed E-state index contributed by atoms with van der Waals surface area (Å²) in [6.45, 7) is 9.02. The zero-order valence-corrected chi connectivity index (χ0v) is 26.2. The van der Waals surface area contributed by atoms with Crippen molar-refractivity contribution in [2.75, 3.05) is 12.0 Å². The van der Waals surface area contributed by atoms with Crippen LogP contribution in [0.1, 0.15) is 71.0 Å². The van der Waals surface area contributed by atoms with E-state index in [2.05, 4.69) is 21.3 Å². The molecule has 0 unspecified atom stereocenters. The second-order valence-corrected chi connectivity index (χ2v) is 12.9. The molecular weight excluding hydrogens is 560 g/mol. The average Bonchev–Trinajstić information content (AvgIpc) is 3.22.